The molecule has 2 bridgehead atoms. The first-order chi connectivity index (χ1) is 32.5. The van der Waals surface area contributed by atoms with Crippen LogP contribution in [0.5, 0.6) is 0 Å². The van der Waals surface area contributed by atoms with Crippen LogP contribution in [0.25, 0.3) is 0 Å². The molecule has 1 amide bonds. The van der Waals surface area contributed by atoms with Crippen LogP contribution in [0.15, 0.2) is 85.1 Å². The lowest BCUT2D eigenvalue weighted by molar-refractivity contribution is -0.309. The van der Waals surface area contributed by atoms with Gasteiger partial charge in [-0.3, -0.25) is 14.4 Å². The van der Waals surface area contributed by atoms with E-state index in [1.54, 1.807) is 74.6 Å². The number of esters is 2. The molecule has 11 N–H and O–H groups in total. The molecule has 3 aliphatic heterocycles. The fraction of sp³-hybridized carbons (Fsp3) is 0.660. The monoisotopic (exact) mass is 980 g/mol. The summed E-state index contributed by atoms with van der Waals surface area (Å²) in [6, 6.07) is -1.19. The highest BCUT2D eigenvalue weighted by molar-refractivity contribution is 5.74. The number of nitrogens with one attached hydrogen (secondary N) is 1. The smallest absolute Gasteiger partial charge is 0.313 e. The number of carbonyl (C=O) groups excluding carboxylic acids is 3. The number of amides is 1. The van der Waals surface area contributed by atoms with Crippen LogP contribution in [0, 0.1) is 17.8 Å². The van der Waals surface area contributed by atoms with Crippen molar-refractivity contribution < 1.29 is 89.1 Å². The Kier molecular flexibility index (Phi) is 25.3. The number of hydrogen-bond acceptors (Lipinski definition) is 18. The second-order valence-electron chi connectivity index (χ2n) is 18.4. The van der Waals surface area contributed by atoms with Gasteiger partial charge in [-0.2, -0.15) is 0 Å². The largest absolute Gasteiger partial charge is 0.469 e. The maximum absolute atomic E-state index is 13.1. The van der Waals surface area contributed by atoms with Crippen molar-refractivity contribution in [3.8, 4) is 0 Å². The Morgan fingerprint density at radius 3 is 1.83 bits per heavy atom. The van der Waals surface area contributed by atoms with Gasteiger partial charge < -0.3 is 80.1 Å². The van der Waals surface area contributed by atoms with Crippen LogP contribution in [0.3, 0.4) is 0 Å². The maximum Gasteiger partial charge on any atom is 0.313 e. The summed E-state index contributed by atoms with van der Waals surface area (Å²) in [6.07, 6.45) is 3.52. The number of aliphatic hydroxyl groups excluding tert-OH is 9. The summed E-state index contributed by atoms with van der Waals surface area (Å²) in [5.74, 6) is -6.58. The summed E-state index contributed by atoms with van der Waals surface area (Å²) >= 11 is 0. The Bertz CT molecular complexity index is 1800. The topological polar surface area (TPSA) is 312 Å². The van der Waals surface area contributed by atoms with E-state index in [9.17, 15) is 65.4 Å². The first kappa shape index (κ1) is 59.4. The van der Waals surface area contributed by atoms with Gasteiger partial charge in [-0.25, -0.2) is 0 Å². The van der Waals surface area contributed by atoms with Crippen molar-refractivity contribution >= 4 is 17.8 Å². The zero-order chi connectivity index (χ0) is 51.4. The molecule has 0 aliphatic carbocycles. The SMILES string of the molecule is COC(=O)[C@H]1[C@@H]2C[C@@H](O[C@@H]3O[C@H](C)[C@@H](O)[C@H](NC(C)=O)[C@@H]3O)C=CC=CC=CC=CC=CC=CC=C[C@H](C)[C@@H](O)[C@@H](C)[C@H](C)OC(=O)C[C@H](O)C[C@H](O)CC[C@@H](O)[C@H](O)C[C@H](O)C[C@](O)(C[C@@H]1O)O2. The van der Waals surface area contributed by atoms with Gasteiger partial charge in [0.2, 0.25) is 5.91 Å². The minimum atomic E-state index is -2.30. The van der Waals surface area contributed by atoms with Crippen LogP contribution >= 0.6 is 0 Å². The minimum absolute atomic E-state index is 0.107. The van der Waals surface area contributed by atoms with Gasteiger partial charge >= 0.3 is 11.9 Å². The molecule has 390 valence electrons. The first-order valence-corrected chi connectivity index (χ1v) is 23.6. The van der Waals surface area contributed by atoms with Crippen molar-refractivity contribution in [1.29, 1.82) is 0 Å². The van der Waals surface area contributed by atoms with Crippen LogP contribution in [-0.4, -0.2) is 173 Å². The highest BCUT2D eigenvalue weighted by Gasteiger charge is 2.51. The standard InChI is InChI=1S/C50H77NO18/c1-29-19-17-15-13-11-9-7-8-10-12-14-16-18-20-37(68-49-47(62)44(51-33(5)52)46(61)32(4)67-49)26-41-43(48(63)65-6)40(58)28-50(64,69-41)27-36(55)24-39(57)38(56)22-21-34(53)23-35(54)25-42(59)66-31(3)30(2)45(29)60/h7-20,29-32,34-41,43-47,49,53-58,60-62,64H,21-28H2,1-6H3,(H,51,52)/t29-,30-,31-,32+,34+,35+,36-,37-,38+,39+,40-,41-,43+,44-,45+,46+,47-,49-,50+/m0/s1. The van der Waals surface area contributed by atoms with Crippen LogP contribution in [-0.2, 0) is 38.1 Å². The number of allylic oxidation sites excluding steroid dienone is 12. The lowest BCUT2D eigenvalue weighted by Crippen LogP contribution is -2.64. The van der Waals surface area contributed by atoms with Gasteiger partial charge in [0, 0.05) is 44.4 Å². The number of ether oxygens (including phenoxy) is 5. The molecule has 69 heavy (non-hydrogen) atoms. The van der Waals surface area contributed by atoms with Gasteiger partial charge in [-0.05, 0) is 33.1 Å². The summed E-state index contributed by atoms with van der Waals surface area (Å²) < 4.78 is 28.6. The molecule has 3 aliphatic rings. The highest BCUT2D eigenvalue weighted by Crippen LogP contribution is 2.38. The summed E-state index contributed by atoms with van der Waals surface area (Å²) in [6.45, 7) is 7.95. The third kappa shape index (κ3) is 20.0. The fourth-order valence-electron chi connectivity index (χ4n) is 8.46. The Labute approximate surface area is 404 Å². The Balaban J connectivity index is 1.92. The molecule has 19 heteroatoms. The quantitative estimate of drug-likeness (QED) is 0.175. The van der Waals surface area contributed by atoms with Gasteiger partial charge in [0.15, 0.2) is 12.1 Å². The number of fused-ring (bicyclic) bond motifs is 2. The Morgan fingerprint density at radius 1 is 0.667 bits per heavy atom. The molecule has 19 atom stereocenters. The van der Waals surface area contributed by atoms with Crippen molar-refractivity contribution in [3.63, 3.8) is 0 Å². The molecule has 19 nitrogen and oxygen atoms in total. The minimum Gasteiger partial charge on any atom is -0.469 e. The molecule has 0 unspecified atom stereocenters. The van der Waals surface area contributed by atoms with Crippen LogP contribution < -0.4 is 5.32 Å². The zero-order valence-electron chi connectivity index (χ0n) is 40.4. The normalized spacial score (nSPS) is 40.1. The number of methoxy groups -OCH3 is 1. The number of cyclic esters (lactones) is 1. The maximum atomic E-state index is 13.1. The van der Waals surface area contributed by atoms with Crippen LogP contribution in [0.4, 0.5) is 0 Å². The molecule has 0 aromatic rings. The van der Waals surface area contributed by atoms with Gasteiger partial charge in [0.05, 0.1) is 80.6 Å². The first-order valence-electron chi connectivity index (χ1n) is 23.6. The molecule has 2 saturated heterocycles. The van der Waals surface area contributed by atoms with E-state index in [0.29, 0.717) is 0 Å². The lowest BCUT2D eigenvalue weighted by Gasteiger charge is -2.45. The summed E-state index contributed by atoms with van der Waals surface area (Å²) in [5.41, 5.74) is 0. The second kappa shape index (κ2) is 29.4. The molecule has 0 radical (unpaired) electrons. The second-order valence-corrected chi connectivity index (χ2v) is 18.4. The average molecular weight is 980 g/mol. The van der Waals surface area contributed by atoms with Gasteiger partial charge in [0.1, 0.15) is 24.2 Å². The van der Waals surface area contributed by atoms with Crippen molar-refractivity contribution in [2.75, 3.05) is 7.11 Å². The van der Waals surface area contributed by atoms with Gasteiger partial charge in [0.25, 0.3) is 0 Å². The van der Waals surface area contributed by atoms with Crippen molar-refractivity contribution in [1.82, 2.24) is 5.32 Å². The molecule has 0 saturated carbocycles. The van der Waals surface area contributed by atoms with Gasteiger partial charge in [-0.15, -0.1) is 0 Å². The Hall–Kier alpha value is -3.93. The van der Waals surface area contributed by atoms with E-state index < -0.39 is 153 Å². The van der Waals surface area contributed by atoms with Crippen molar-refractivity contribution in [2.45, 2.75) is 183 Å². The Morgan fingerprint density at radius 2 is 1.25 bits per heavy atom. The van der Waals surface area contributed by atoms with E-state index in [1.807, 2.05) is 25.2 Å². The van der Waals surface area contributed by atoms with Crippen LogP contribution in [0.1, 0.15) is 86.0 Å². The van der Waals surface area contributed by atoms with E-state index in [1.165, 1.54) is 19.9 Å². The summed E-state index contributed by atoms with van der Waals surface area (Å²) in [4.78, 5) is 37.8. The van der Waals surface area contributed by atoms with E-state index in [2.05, 4.69) is 5.32 Å². The molecule has 0 aromatic heterocycles. The number of aliphatic hydroxyl groups is 10. The summed E-state index contributed by atoms with van der Waals surface area (Å²) in [5, 5.41) is 112. The van der Waals surface area contributed by atoms with E-state index in [0.717, 1.165) is 7.11 Å². The van der Waals surface area contributed by atoms with Crippen LogP contribution in [0.2, 0.25) is 0 Å². The van der Waals surface area contributed by atoms with E-state index in [4.69, 9.17) is 23.7 Å². The predicted molar refractivity (Wildman–Crippen MR) is 251 cm³/mol. The third-order valence-corrected chi connectivity index (χ3v) is 12.5. The van der Waals surface area contributed by atoms with E-state index in [-0.39, 0.29) is 31.6 Å². The molecule has 0 aromatic carbocycles. The lowest BCUT2D eigenvalue weighted by atomic mass is 9.82. The summed E-state index contributed by atoms with van der Waals surface area (Å²) in [7, 11) is 1.10. The molecule has 3 heterocycles. The molecule has 0 spiro atoms. The molecular weight excluding hydrogens is 903 g/mol. The van der Waals surface area contributed by atoms with Crippen molar-refractivity contribution in [3.05, 3.63) is 85.1 Å². The fourth-order valence-corrected chi connectivity index (χ4v) is 8.46. The van der Waals surface area contributed by atoms with E-state index >= 15 is 0 Å². The molecule has 3 rings (SSSR count). The van der Waals surface area contributed by atoms with Crippen molar-refractivity contribution in [2.24, 2.45) is 17.8 Å². The molecule has 2 fully saturated rings. The predicted octanol–water partition coefficient (Wildman–Crippen LogP) is 0.978. The molecular formula is C50H77NO18. The number of carbonyl (C=O) groups is 3. The number of rotatable bonds is 4. The average Bonchev–Trinajstić information content (AvgIpc) is 3.26. The third-order valence-electron chi connectivity index (χ3n) is 12.5. The number of hydrogen-bond donors (Lipinski definition) is 11. The highest BCUT2D eigenvalue weighted by atomic mass is 16.7. The van der Waals surface area contributed by atoms with Gasteiger partial charge in [-0.1, -0.05) is 98.9 Å². The zero-order valence-corrected chi connectivity index (χ0v) is 40.4.